The van der Waals surface area contributed by atoms with Crippen LogP contribution in [0.4, 0.5) is 26.0 Å². The zero-order valence-corrected chi connectivity index (χ0v) is 11.5. The highest BCUT2D eigenvalue weighted by molar-refractivity contribution is 7.99. The Kier molecular flexibility index (Phi) is 4.62. The lowest BCUT2D eigenvalue weighted by molar-refractivity contribution is 0.252. The molecule has 0 unspecified atom stereocenters. The number of hydrogen-bond acceptors (Lipinski definition) is 5. The van der Waals surface area contributed by atoms with Crippen molar-refractivity contribution in [2.24, 2.45) is 0 Å². The highest BCUT2D eigenvalue weighted by Gasteiger charge is 2.11. The van der Waals surface area contributed by atoms with Gasteiger partial charge in [-0.2, -0.15) is 13.8 Å². The molecule has 1 aromatic carbocycles. The fraction of sp³-hybridized carbons (Fsp3) is 0.154. The lowest BCUT2D eigenvalue weighted by Crippen LogP contribution is -2.01. The number of halogens is 2. The summed E-state index contributed by atoms with van der Waals surface area (Å²) in [6.07, 6.45) is 0. The van der Waals surface area contributed by atoms with Crippen molar-refractivity contribution in [1.29, 1.82) is 0 Å². The maximum Gasteiger partial charge on any atom is 0.288 e. The Morgan fingerprint density at radius 2 is 2.00 bits per heavy atom. The molecule has 0 aliphatic heterocycles. The molecular weight excluding hydrogens is 284 g/mol. The third kappa shape index (κ3) is 3.51. The van der Waals surface area contributed by atoms with Crippen LogP contribution >= 0.6 is 11.8 Å². The molecule has 1 aromatic heterocycles. The molecule has 20 heavy (non-hydrogen) atoms. The van der Waals surface area contributed by atoms with E-state index in [-0.39, 0.29) is 0 Å². The molecule has 7 heteroatoms. The first kappa shape index (κ1) is 14.4. The van der Waals surface area contributed by atoms with Crippen molar-refractivity contribution >= 4 is 29.0 Å². The van der Waals surface area contributed by atoms with E-state index >= 15 is 0 Å². The number of anilines is 3. The van der Waals surface area contributed by atoms with Gasteiger partial charge in [0.25, 0.3) is 5.76 Å². The summed E-state index contributed by atoms with van der Waals surface area (Å²) in [5.74, 6) is -1.74. The standard InChI is InChI=1S/C13H13F2N3OS/c1-19-11-7-6-8(16)12(18-11)17-9-4-2-3-5-10(9)20-13(14)15/h2-7,13H,16H2,1H3,(H,17,18). The van der Waals surface area contributed by atoms with Crippen LogP contribution in [0.25, 0.3) is 0 Å². The van der Waals surface area contributed by atoms with E-state index in [0.717, 1.165) is 0 Å². The van der Waals surface area contributed by atoms with E-state index < -0.39 is 5.76 Å². The van der Waals surface area contributed by atoms with E-state index in [1.165, 1.54) is 7.11 Å². The summed E-state index contributed by atoms with van der Waals surface area (Å²) in [6, 6.07) is 9.99. The first-order chi connectivity index (χ1) is 9.60. The number of hydrogen-bond donors (Lipinski definition) is 2. The number of ether oxygens (including phenoxy) is 1. The first-order valence-electron chi connectivity index (χ1n) is 5.71. The summed E-state index contributed by atoms with van der Waals surface area (Å²) in [5, 5.41) is 2.95. The van der Waals surface area contributed by atoms with Crippen LogP contribution in [0.3, 0.4) is 0 Å². The van der Waals surface area contributed by atoms with Gasteiger partial charge < -0.3 is 15.8 Å². The Balaban J connectivity index is 2.30. The quantitative estimate of drug-likeness (QED) is 0.823. The second kappa shape index (κ2) is 6.42. The van der Waals surface area contributed by atoms with Gasteiger partial charge in [0.2, 0.25) is 5.88 Å². The predicted molar refractivity (Wildman–Crippen MR) is 76.8 cm³/mol. The summed E-state index contributed by atoms with van der Waals surface area (Å²) >= 11 is 0.464. The topological polar surface area (TPSA) is 60.2 Å². The number of nitrogens with one attached hydrogen (secondary N) is 1. The van der Waals surface area contributed by atoms with Gasteiger partial charge in [0.1, 0.15) is 0 Å². The molecule has 0 saturated heterocycles. The molecule has 1 heterocycles. The Hall–Kier alpha value is -2.02. The van der Waals surface area contributed by atoms with Gasteiger partial charge in [-0.1, -0.05) is 23.9 Å². The summed E-state index contributed by atoms with van der Waals surface area (Å²) in [4.78, 5) is 4.57. The van der Waals surface area contributed by atoms with Crippen molar-refractivity contribution in [2.45, 2.75) is 10.7 Å². The normalized spacial score (nSPS) is 10.6. The molecule has 106 valence electrons. The number of para-hydroxylation sites is 1. The number of aromatic nitrogens is 1. The molecule has 2 rings (SSSR count). The fourth-order valence-electron chi connectivity index (χ4n) is 1.56. The number of nitrogens with two attached hydrogens (primary N) is 1. The third-order valence-electron chi connectivity index (χ3n) is 2.47. The number of benzene rings is 1. The lowest BCUT2D eigenvalue weighted by atomic mass is 10.3. The first-order valence-corrected chi connectivity index (χ1v) is 6.59. The van der Waals surface area contributed by atoms with E-state index in [4.69, 9.17) is 10.5 Å². The molecule has 0 aliphatic rings. The van der Waals surface area contributed by atoms with E-state index in [1.54, 1.807) is 36.4 Å². The number of pyridine rings is 1. The van der Waals surface area contributed by atoms with E-state index in [9.17, 15) is 8.78 Å². The van der Waals surface area contributed by atoms with Crippen molar-refractivity contribution < 1.29 is 13.5 Å². The Morgan fingerprint density at radius 1 is 1.25 bits per heavy atom. The summed E-state index contributed by atoms with van der Waals surface area (Å²) in [5.41, 5.74) is 6.73. The minimum atomic E-state index is -2.49. The fourth-order valence-corrected chi connectivity index (χ4v) is 2.16. The van der Waals surface area contributed by atoms with Crippen LogP contribution in [0.1, 0.15) is 0 Å². The Labute approximate surface area is 119 Å². The number of rotatable bonds is 5. The van der Waals surface area contributed by atoms with E-state index in [2.05, 4.69) is 10.3 Å². The highest BCUT2D eigenvalue weighted by Crippen LogP contribution is 2.34. The second-order valence-corrected chi connectivity index (χ2v) is 4.82. The zero-order valence-electron chi connectivity index (χ0n) is 10.6. The third-order valence-corrected chi connectivity index (χ3v) is 3.25. The van der Waals surface area contributed by atoms with Crippen molar-refractivity contribution in [2.75, 3.05) is 18.2 Å². The number of methoxy groups -OCH3 is 1. The van der Waals surface area contributed by atoms with Crippen LogP contribution in [0, 0.1) is 0 Å². The molecular formula is C13H13F2N3OS. The van der Waals surface area contributed by atoms with E-state index in [1.807, 2.05) is 0 Å². The monoisotopic (exact) mass is 297 g/mol. The summed E-state index contributed by atoms with van der Waals surface area (Å²) < 4.78 is 30.0. The number of nitrogen functional groups attached to an aromatic ring is 1. The molecule has 0 atom stereocenters. The largest absolute Gasteiger partial charge is 0.481 e. The highest BCUT2D eigenvalue weighted by atomic mass is 32.2. The van der Waals surface area contributed by atoms with Crippen LogP contribution in [-0.2, 0) is 0 Å². The van der Waals surface area contributed by atoms with Gasteiger partial charge in [0.15, 0.2) is 5.82 Å². The summed E-state index contributed by atoms with van der Waals surface area (Å²) in [6.45, 7) is 0. The smallest absolute Gasteiger partial charge is 0.288 e. The van der Waals surface area contributed by atoms with Gasteiger partial charge in [-0.05, 0) is 18.2 Å². The molecule has 0 saturated carbocycles. The van der Waals surface area contributed by atoms with Gasteiger partial charge in [-0.15, -0.1) is 0 Å². The van der Waals surface area contributed by atoms with Crippen LogP contribution in [0.5, 0.6) is 5.88 Å². The number of thioether (sulfide) groups is 1. The van der Waals surface area contributed by atoms with Gasteiger partial charge in [0.05, 0.1) is 18.5 Å². The van der Waals surface area contributed by atoms with Gasteiger partial charge >= 0.3 is 0 Å². The second-order valence-electron chi connectivity index (χ2n) is 3.79. The van der Waals surface area contributed by atoms with Crippen molar-refractivity contribution in [1.82, 2.24) is 4.98 Å². The average molecular weight is 297 g/mol. The SMILES string of the molecule is COc1ccc(N)c(Nc2ccccc2SC(F)F)n1. The maximum atomic E-state index is 12.5. The van der Waals surface area contributed by atoms with E-state index in [0.29, 0.717) is 39.7 Å². The molecule has 0 bridgehead atoms. The number of alkyl halides is 2. The maximum absolute atomic E-state index is 12.5. The minimum absolute atomic E-state index is 0.367. The summed E-state index contributed by atoms with van der Waals surface area (Å²) in [7, 11) is 1.49. The Morgan fingerprint density at radius 3 is 2.70 bits per heavy atom. The van der Waals surface area contributed by atoms with Crippen LogP contribution < -0.4 is 15.8 Å². The molecule has 0 aliphatic carbocycles. The van der Waals surface area contributed by atoms with Gasteiger partial charge in [-0.25, -0.2) is 0 Å². The molecule has 3 N–H and O–H groups in total. The van der Waals surface area contributed by atoms with Crippen molar-refractivity contribution in [3.05, 3.63) is 36.4 Å². The Bertz CT molecular complexity index is 596. The van der Waals surface area contributed by atoms with Gasteiger partial charge in [-0.3, -0.25) is 0 Å². The predicted octanol–water partition coefficient (Wildman–Crippen LogP) is 3.73. The molecule has 2 aromatic rings. The van der Waals surface area contributed by atoms with Gasteiger partial charge in [0, 0.05) is 11.0 Å². The van der Waals surface area contributed by atoms with Crippen LogP contribution in [0.15, 0.2) is 41.3 Å². The molecule has 0 spiro atoms. The minimum Gasteiger partial charge on any atom is -0.481 e. The molecule has 4 nitrogen and oxygen atoms in total. The molecule has 0 amide bonds. The average Bonchev–Trinajstić information content (AvgIpc) is 2.43. The lowest BCUT2D eigenvalue weighted by Gasteiger charge is -2.13. The van der Waals surface area contributed by atoms with Crippen LogP contribution in [0.2, 0.25) is 0 Å². The molecule has 0 fully saturated rings. The van der Waals surface area contributed by atoms with Crippen LogP contribution in [-0.4, -0.2) is 17.9 Å². The van der Waals surface area contributed by atoms with Crippen molar-refractivity contribution in [3.63, 3.8) is 0 Å². The van der Waals surface area contributed by atoms with Crippen molar-refractivity contribution in [3.8, 4) is 5.88 Å². The number of nitrogens with zero attached hydrogens (tertiary/aromatic N) is 1. The molecule has 0 radical (unpaired) electrons. The zero-order chi connectivity index (χ0) is 14.5.